The van der Waals surface area contributed by atoms with E-state index in [-0.39, 0.29) is 12.4 Å². The van der Waals surface area contributed by atoms with Gasteiger partial charge in [-0.05, 0) is 56.2 Å². The maximum atomic E-state index is 12.3. The molecular weight excluding hydrogens is 484 g/mol. The molecule has 0 unspecified atom stereocenters. The summed E-state index contributed by atoms with van der Waals surface area (Å²) < 4.78 is 6.99. The molecule has 0 saturated carbocycles. The highest BCUT2D eigenvalue weighted by Crippen LogP contribution is 2.39. The molecule has 2 aromatic carbocycles. The first-order chi connectivity index (χ1) is 17.9. The molecule has 8 nitrogen and oxygen atoms in total. The van der Waals surface area contributed by atoms with E-state index in [1.54, 1.807) is 17.4 Å². The minimum Gasteiger partial charge on any atom is -0.469 e. The van der Waals surface area contributed by atoms with Crippen LogP contribution in [-0.4, -0.2) is 33.6 Å². The number of anilines is 1. The Hall–Kier alpha value is -4.29. The second-order valence-electron chi connectivity index (χ2n) is 8.92. The van der Waals surface area contributed by atoms with Gasteiger partial charge in [-0.25, -0.2) is 0 Å². The van der Waals surface area contributed by atoms with Crippen LogP contribution in [0.3, 0.4) is 0 Å². The Labute approximate surface area is 219 Å². The van der Waals surface area contributed by atoms with Gasteiger partial charge in [0.1, 0.15) is 16.9 Å². The van der Waals surface area contributed by atoms with Gasteiger partial charge in [-0.3, -0.25) is 14.4 Å². The van der Waals surface area contributed by atoms with E-state index in [1.165, 1.54) is 12.0 Å². The number of fused-ring (bicyclic) bond motifs is 3. The van der Waals surface area contributed by atoms with Crippen LogP contribution in [0.2, 0.25) is 0 Å². The number of hydrogen-bond acceptors (Lipinski definition) is 8. The van der Waals surface area contributed by atoms with Crippen LogP contribution in [0.5, 0.6) is 0 Å². The lowest BCUT2D eigenvalue weighted by atomic mass is 9.99. The van der Waals surface area contributed by atoms with Crippen LogP contribution in [-0.2, 0) is 16.1 Å². The zero-order chi connectivity index (χ0) is 26.1. The first kappa shape index (κ1) is 24.4. The van der Waals surface area contributed by atoms with Gasteiger partial charge >= 0.3 is 5.97 Å². The van der Waals surface area contributed by atoms with Crippen molar-refractivity contribution < 1.29 is 9.53 Å². The number of rotatable bonds is 6. The number of nitrogens with zero attached hydrogens (tertiary/aromatic N) is 5. The first-order valence-corrected chi connectivity index (χ1v) is 12.7. The van der Waals surface area contributed by atoms with E-state index in [2.05, 4.69) is 35.4 Å². The maximum absolute atomic E-state index is 12.3. The number of aryl methyl sites for hydroxylation is 2. The number of carbonyl (C=O) groups excluding carboxylic acids is 1. The van der Waals surface area contributed by atoms with Gasteiger partial charge in [-0.15, -0.1) is 21.5 Å². The van der Waals surface area contributed by atoms with Crippen LogP contribution in [0.1, 0.15) is 56.8 Å². The summed E-state index contributed by atoms with van der Waals surface area (Å²) in [7, 11) is 1.38. The third-order valence-corrected chi connectivity index (χ3v) is 7.73. The Morgan fingerprint density at radius 2 is 1.95 bits per heavy atom. The van der Waals surface area contributed by atoms with E-state index < -0.39 is 6.04 Å². The van der Waals surface area contributed by atoms with E-state index in [9.17, 15) is 4.79 Å². The molecule has 9 heteroatoms. The van der Waals surface area contributed by atoms with Crippen molar-refractivity contribution in [2.75, 3.05) is 12.4 Å². The largest absolute Gasteiger partial charge is 0.469 e. The molecule has 0 amide bonds. The van der Waals surface area contributed by atoms with Crippen LogP contribution < -0.4 is 5.32 Å². The van der Waals surface area contributed by atoms with Gasteiger partial charge in [-0.2, -0.15) is 5.26 Å². The van der Waals surface area contributed by atoms with Crippen molar-refractivity contribution in [3.8, 4) is 11.1 Å². The van der Waals surface area contributed by atoms with Crippen molar-refractivity contribution in [1.29, 1.82) is 5.26 Å². The lowest BCUT2D eigenvalue weighted by Gasteiger charge is -2.12. The molecule has 0 radical (unpaired) electrons. The minimum absolute atomic E-state index is 0.0759. The topological polar surface area (TPSA) is 105 Å². The van der Waals surface area contributed by atoms with Crippen molar-refractivity contribution >= 4 is 28.7 Å². The fourth-order valence-electron chi connectivity index (χ4n) is 4.47. The molecule has 0 bridgehead atoms. The molecule has 0 fully saturated rings. The molecule has 1 aliphatic heterocycles. The number of aliphatic imine (C=N–C) groups is 1. The Morgan fingerprint density at radius 1 is 1.16 bits per heavy atom. The summed E-state index contributed by atoms with van der Waals surface area (Å²) >= 11 is 1.68. The summed E-state index contributed by atoms with van der Waals surface area (Å²) in [6.07, 6.45) is 0.0759. The fraction of sp³-hybridized carbons (Fsp3) is 0.250. The number of thiophene rings is 1. The number of nitrogens with one attached hydrogen (secondary N) is 1. The normalized spacial score (nSPS) is 14.1. The van der Waals surface area contributed by atoms with Crippen molar-refractivity contribution in [2.45, 2.75) is 39.8 Å². The number of carbonyl (C=O) groups is 1. The van der Waals surface area contributed by atoms with E-state index >= 15 is 0 Å². The molecular formula is C28H26N6O2S. The zero-order valence-electron chi connectivity index (χ0n) is 21.1. The second kappa shape index (κ2) is 9.99. The highest BCUT2D eigenvalue weighted by Gasteiger charge is 2.32. The number of methoxy groups -OCH3 is 1. The smallest absolute Gasteiger partial charge is 0.308 e. The van der Waals surface area contributed by atoms with Crippen molar-refractivity contribution in [3.63, 3.8) is 0 Å². The quantitative estimate of drug-likeness (QED) is 0.358. The number of benzene rings is 2. The van der Waals surface area contributed by atoms with E-state index in [1.807, 2.05) is 54.0 Å². The third kappa shape index (κ3) is 4.63. The van der Waals surface area contributed by atoms with Gasteiger partial charge in [0.05, 0.1) is 30.9 Å². The number of esters is 1. The van der Waals surface area contributed by atoms with Gasteiger partial charge < -0.3 is 10.1 Å². The number of ether oxygens (including phenoxy) is 1. The summed E-state index contributed by atoms with van der Waals surface area (Å²) in [5.41, 5.74) is 6.59. The Bertz CT molecular complexity index is 1560. The zero-order valence-corrected chi connectivity index (χ0v) is 21.9. The predicted octanol–water partition coefficient (Wildman–Crippen LogP) is 5.19. The second-order valence-corrected chi connectivity index (χ2v) is 10.1. The summed E-state index contributed by atoms with van der Waals surface area (Å²) in [6, 6.07) is 17.3. The molecule has 1 atom stereocenters. The molecule has 5 rings (SSSR count). The Balaban J connectivity index is 1.52. The SMILES string of the molecule is COC(=O)C[C@@H]1N=C(c2ccc(NCc3cccc(C#N)c3)cc2)c2c(sc(C)c2C)-n2c(C)nnc21. The molecule has 3 heterocycles. The highest BCUT2D eigenvalue weighted by atomic mass is 32.1. The van der Waals surface area contributed by atoms with E-state index in [4.69, 9.17) is 15.0 Å². The number of aromatic nitrogens is 3. The van der Waals surface area contributed by atoms with Gasteiger partial charge in [0, 0.05) is 28.2 Å². The monoisotopic (exact) mass is 510 g/mol. The highest BCUT2D eigenvalue weighted by molar-refractivity contribution is 7.15. The molecule has 0 saturated heterocycles. The number of nitriles is 1. The maximum Gasteiger partial charge on any atom is 0.308 e. The molecule has 37 heavy (non-hydrogen) atoms. The molecule has 2 aromatic heterocycles. The lowest BCUT2D eigenvalue weighted by Crippen LogP contribution is -2.12. The van der Waals surface area contributed by atoms with Gasteiger partial charge in [0.2, 0.25) is 0 Å². The van der Waals surface area contributed by atoms with Crippen LogP contribution in [0.4, 0.5) is 5.69 Å². The molecule has 0 spiro atoms. The first-order valence-electron chi connectivity index (χ1n) is 11.9. The molecule has 0 aliphatic carbocycles. The number of hydrogen-bond donors (Lipinski definition) is 1. The van der Waals surface area contributed by atoms with Crippen LogP contribution in [0, 0.1) is 32.1 Å². The molecule has 1 N–H and O–H groups in total. The minimum atomic E-state index is -0.520. The summed E-state index contributed by atoms with van der Waals surface area (Å²) in [5.74, 6) is 1.04. The average Bonchev–Trinajstić information content (AvgIpc) is 3.39. The molecule has 186 valence electrons. The third-order valence-electron chi connectivity index (χ3n) is 6.54. The van der Waals surface area contributed by atoms with Crippen molar-refractivity contribution in [3.05, 3.63) is 92.9 Å². The standard InChI is InChI=1S/C28H26N6O2S/c1-16-17(2)37-28-25(16)26(31-23(13-24(35)36-4)27-33-32-18(3)34(27)28)21-8-10-22(11-9-21)30-15-20-7-5-6-19(12-20)14-29/h5-12,23,30H,13,15H2,1-4H3/t23-/m0/s1. The van der Waals surface area contributed by atoms with Gasteiger partial charge in [0.25, 0.3) is 0 Å². The average molecular weight is 511 g/mol. The van der Waals surface area contributed by atoms with Crippen LogP contribution in [0.25, 0.3) is 5.00 Å². The fourth-order valence-corrected chi connectivity index (χ4v) is 5.68. The summed E-state index contributed by atoms with van der Waals surface area (Å²) in [6.45, 7) is 6.73. The van der Waals surface area contributed by atoms with E-state index in [0.29, 0.717) is 17.9 Å². The molecule has 4 aromatic rings. The van der Waals surface area contributed by atoms with Gasteiger partial charge in [-0.1, -0.05) is 24.3 Å². The van der Waals surface area contributed by atoms with Crippen LogP contribution >= 0.6 is 11.3 Å². The van der Waals surface area contributed by atoms with Crippen molar-refractivity contribution in [2.24, 2.45) is 4.99 Å². The Morgan fingerprint density at radius 3 is 2.68 bits per heavy atom. The molecule has 1 aliphatic rings. The van der Waals surface area contributed by atoms with Gasteiger partial charge in [0.15, 0.2) is 5.82 Å². The van der Waals surface area contributed by atoms with Crippen molar-refractivity contribution in [1.82, 2.24) is 14.8 Å². The summed E-state index contributed by atoms with van der Waals surface area (Å²) in [5, 5.41) is 22.3. The lowest BCUT2D eigenvalue weighted by molar-refractivity contribution is -0.141. The Kier molecular flexibility index (Phi) is 6.59. The predicted molar refractivity (Wildman–Crippen MR) is 143 cm³/mol. The summed E-state index contributed by atoms with van der Waals surface area (Å²) in [4.78, 5) is 18.6. The van der Waals surface area contributed by atoms with Crippen LogP contribution in [0.15, 0.2) is 53.5 Å². The van der Waals surface area contributed by atoms with E-state index in [0.717, 1.165) is 44.5 Å².